The van der Waals surface area contributed by atoms with Crippen LogP contribution in [0.1, 0.15) is 29.4 Å². The third-order valence-corrected chi connectivity index (χ3v) is 3.89. The SMILES string of the molecule is CCC(N)Cc1ccc(-n2ccc(C(N)=O)n2)cc1Br. The van der Waals surface area contributed by atoms with Crippen LogP contribution in [0.3, 0.4) is 0 Å². The highest BCUT2D eigenvalue weighted by molar-refractivity contribution is 9.10. The molecular weight excluding hydrogens is 320 g/mol. The predicted octanol–water partition coefficient (Wildman–Crippen LogP) is 2.01. The Morgan fingerprint density at radius 3 is 2.75 bits per heavy atom. The van der Waals surface area contributed by atoms with Crippen molar-refractivity contribution >= 4 is 21.8 Å². The summed E-state index contributed by atoms with van der Waals surface area (Å²) in [4.78, 5) is 11.0. The van der Waals surface area contributed by atoms with E-state index in [4.69, 9.17) is 11.5 Å². The van der Waals surface area contributed by atoms with Gasteiger partial charge in [-0.15, -0.1) is 0 Å². The summed E-state index contributed by atoms with van der Waals surface area (Å²) < 4.78 is 2.60. The third kappa shape index (κ3) is 3.26. The maximum atomic E-state index is 11.0. The van der Waals surface area contributed by atoms with E-state index in [9.17, 15) is 4.79 Å². The Labute approximate surface area is 126 Å². The van der Waals surface area contributed by atoms with E-state index in [0.29, 0.717) is 0 Å². The van der Waals surface area contributed by atoms with Gasteiger partial charge in [0, 0.05) is 16.7 Å². The van der Waals surface area contributed by atoms with Crippen molar-refractivity contribution < 1.29 is 4.79 Å². The molecule has 5 nitrogen and oxygen atoms in total. The number of nitrogens with zero attached hydrogens (tertiary/aromatic N) is 2. The van der Waals surface area contributed by atoms with E-state index in [1.54, 1.807) is 16.9 Å². The van der Waals surface area contributed by atoms with Crippen molar-refractivity contribution in [2.45, 2.75) is 25.8 Å². The maximum absolute atomic E-state index is 11.0. The Balaban J connectivity index is 2.25. The van der Waals surface area contributed by atoms with Crippen molar-refractivity contribution in [1.82, 2.24) is 9.78 Å². The average molecular weight is 337 g/mol. The number of halogens is 1. The first-order chi connectivity index (χ1) is 9.51. The molecule has 106 valence electrons. The van der Waals surface area contributed by atoms with Gasteiger partial charge in [-0.3, -0.25) is 4.79 Å². The summed E-state index contributed by atoms with van der Waals surface area (Å²) in [6.45, 7) is 2.07. The highest BCUT2D eigenvalue weighted by atomic mass is 79.9. The molecule has 0 spiro atoms. The van der Waals surface area contributed by atoms with Gasteiger partial charge in [0.1, 0.15) is 5.69 Å². The summed E-state index contributed by atoms with van der Waals surface area (Å²) in [7, 11) is 0. The average Bonchev–Trinajstić information content (AvgIpc) is 2.90. The highest BCUT2D eigenvalue weighted by Gasteiger charge is 2.09. The number of hydrogen-bond donors (Lipinski definition) is 2. The number of hydrogen-bond acceptors (Lipinski definition) is 3. The second kappa shape index (κ2) is 6.19. The fourth-order valence-corrected chi connectivity index (χ4v) is 2.40. The molecule has 20 heavy (non-hydrogen) atoms. The lowest BCUT2D eigenvalue weighted by molar-refractivity contribution is 0.0995. The number of rotatable bonds is 5. The largest absolute Gasteiger partial charge is 0.364 e. The maximum Gasteiger partial charge on any atom is 0.269 e. The normalized spacial score (nSPS) is 12.3. The van der Waals surface area contributed by atoms with Crippen LogP contribution >= 0.6 is 15.9 Å². The molecule has 0 radical (unpaired) electrons. The van der Waals surface area contributed by atoms with Gasteiger partial charge in [-0.05, 0) is 36.6 Å². The molecule has 2 aromatic rings. The topological polar surface area (TPSA) is 86.9 Å². The van der Waals surface area contributed by atoms with Crippen LogP contribution in [0.2, 0.25) is 0 Å². The molecule has 0 bridgehead atoms. The van der Waals surface area contributed by atoms with E-state index < -0.39 is 5.91 Å². The zero-order valence-corrected chi connectivity index (χ0v) is 12.8. The van der Waals surface area contributed by atoms with E-state index in [0.717, 1.165) is 28.6 Å². The second-order valence-electron chi connectivity index (χ2n) is 4.66. The van der Waals surface area contributed by atoms with E-state index in [1.165, 1.54) is 0 Å². The molecule has 1 aromatic carbocycles. The molecule has 1 unspecified atom stereocenters. The third-order valence-electron chi connectivity index (χ3n) is 3.15. The Morgan fingerprint density at radius 1 is 1.45 bits per heavy atom. The van der Waals surface area contributed by atoms with Gasteiger partial charge in [0.2, 0.25) is 0 Å². The summed E-state index contributed by atoms with van der Waals surface area (Å²) in [5.41, 5.74) is 13.4. The minimum absolute atomic E-state index is 0.156. The smallest absolute Gasteiger partial charge is 0.269 e. The Hall–Kier alpha value is -1.66. The lowest BCUT2D eigenvalue weighted by atomic mass is 10.0. The van der Waals surface area contributed by atoms with Gasteiger partial charge < -0.3 is 11.5 Å². The number of benzene rings is 1. The number of nitrogens with two attached hydrogens (primary N) is 2. The van der Waals surface area contributed by atoms with Gasteiger partial charge in [-0.25, -0.2) is 4.68 Å². The van der Waals surface area contributed by atoms with Crippen LogP contribution in [0, 0.1) is 0 Å². The number of amides is 1. The van der Waals surface area contributed by atoms with E-state index in [2.05, 4.69) is 28.0 Å². The molecule has 6 heteroatoms. The van der Waals surface area contributed by atoms with Crippen LogP contribution in [-0.2, 0) is 6.42 Å². The van der Waals surface area contributed by atoms with Gasteiger partial charge >= 0.3 is 0 Å². The van der Waals surface area contributed by atoms with Crippen LogP contribution in [-0.4, -0.2) is 21.7 Å². The number of aromatic nitrogens is 2. The van der Waals surface area contributed by atoms with Crippen molar-refractivity contribution in [3.8, 4) is 5.69 Å². The van der Waals surface area contributed by atoms with Gasteiger partial charge in [-0.2, -0.15) is 5.10 Å². The van der Waals surface area contributed by atoms with Gasteiger partial charge in [-0.1, -0.05) is 28.9 Å². The Morgan fingerprint density at radius 2 is 2.20 bits per heavy atom. The number of carbonyl (C=O) groups is 1. The van der Waals surface area contributed by atoms with Crippen molar-refractivity contribution in [1.29, 1.82) is 0 Å². The minimum atomic E-state index is -0.534. The summed E-state index contributed by atoms with van der Waals surface area (Å²) in [6, 6.07) is 7.66. The summed E-state index contributed by atoms with van der Waals surface area (Å²) in [5.74, 6) is -0.534. The molecule has 4 N–H and O–H groups in total. The van der Waals surface area contributed by atoms with E-state index in [1.807, 2.05) is 18.2 Å². The Bertz CT molecular complexity index is 623. The second-order valence-corrected chi connectivity index (χ2v) is 5.51. The molecule has 2 rings (SSSR count). The van der Waals surface area contributed by atoms with Crippen molar-refractivity contribution in [2.24, 2.45) is 11.5 Å². The number of carbonyl (C=O) groups excluding carboxylic acids is 1. The summed E-state index contributed by atoms with van der Waals surface area (Å²) in [5, 5.41) is 4.12. The fourth-order valence-electron chi connectivity index (χ4n) is 1.87. The first kappa shape index (κ1) is 14.7. The zero-order chi connectivity index (χ0) is 14.7. The van der Waals surface area contributed by atoms with Crippen LogP contribution in [0.15, 0.2) is 34.9 Å². The van der Waals surface area contributed by atoms with Crippen LogP contribution in [0.5, 0.6) is 0 Å². The molecule has 0 saturated carbocycles. The highest BCUT2D eigenvalue weighted by Crippen LogP contribution is 2.22. The van der Waals surface area contributed by atoms with E-state index >= 15 is 0 Å². The van der Waals surface area contributed by atoms with Crippen LogP contribution in [0.4, 0.5) is 0 Å². The van der Waals surface area contributed by atoms with Crippen molar-refractivity contribution in [3.05, 3.63) is 46.2 Å². The van der Waals surface area contributed by atoms with Crippen LogP contribution < -0.4 is 11.5 Å². The molecule has 1 aromatic heterocycles. The first-order valence-electron chi connectivity index (χ1n) is 6.41. The van der Waals surface area contributed by atoms with Gasteiger partial charge in [0.15, 0.2) is 0 Å². The first-order valence-corrected chi connectivity index (χ1v) is 7.20. The predicted molar refractivity (Wildman–Crippen MR) is 81.8 cm³/mol. The Kier molecular flexibility index (Phi) is 4.57. The minimum Gasteiger partial charge on any atom is -0.364 e. The molecule has 0 aliphatic heterocycles. The van der Waals surface area contributed by atoms with Gasteiger partial charge in [0.05, 0.1) is 5.69 Å². The lowest BCUT2D eigenvalue weighted by Crippen LogP contribution is -2.21. The fraction of sp³-hybridized carbons (Fsp3) is 0.286. The molecule has 0 aliphatic carbocycles. The quantitative estimate of drug-likeness (QED) is 0.875. The van der Waals surface area contributed by atoms with Crippen LogP contribution in [0.25, 0.3) is 5.69 Å². The molecule has 0 saturated heterocycles. The standard InChI is InChI=1S/C14H17BrN4O/c1-2-10(16)7-9-3-4-11(8-12(9)15)19-6-5-13(18-19)14(17)20/h3-6,8,10H,2,7,16H2,1H3,(H2,17,20). The van der Waals surface area contributed by atoms with Crippen molar-refractivity contribution in [3.63, 3.8) is 0 Å². The number of primary amides is 1. The molecule has 1 heterocycles. The molecule has 0 fully saturated rings. The van der Waals surface area contributed by atoms with Crippen molar-refractivity contribution in [2.75, 3.05) is 0 Å². The monoisotopic (exact) mass is 336 g/mol. The lowest BCUT2D eigenvalue weighted by Gasteiger charge is -2.11. The zero-order valence-electron chi connectivity index (χ0n) is 11.2. The van der Waals surface area contributed by atoms with E-state index in [-0.39, 0.29) is 11.7 Å². The summed E-state index contributed by atoms with van der Waals surface area (Å²) >= 11 is 3.55. The van der Waals surface area contributed by atoms with Gasteiger partial charge in [0.25, 0.3) is 5.91 Å². The summed E-state index contributed by atoms with van der Waals surface area (Å²) in [6.07, 6.45) is 3.47. The molecule has 1 atom stereocenters. The molecule has 1 amide bonds. The molecular formula is C14H17BrN4O. The molecule has 0 aliphatic rings.